The van der Waals surface area contributed by atoms with Gasteiger partial charge in [0.05, 0.1) is 6.61 Å². The molecular formula is C16H13FN2O2. The zero-order valence-electron chi connectivity index (χ0n) is 11.4. The highest BCUT2D eigenvalue weighted by Crippen LogP contribution is 2.25. The summed E-state index contributed by atoms with van der Waals surface area (Å²) in [5.41, 5.74) is 1.94. The van der Waals surface area contributed by atoms with E-state index >= 15 is 0 Å². The molecule has 3 aromatic rings. The standard InChI is InChI=1S/C16H13FN2O2/c1-2-21-16(20)15-14(11-6-4-3-5-7-11)18-13-10-12(17)8-9-19(13)15/h3-10H,2H2,1H3. The smallest absolute Gasteiger partial charge is 0.357 e. The van der Waals surface area contributed by atoms with Crippen molar-refractivity contribution in [2.75, 3.05) is 6.61 Å². The Morgan fingerprint density at radius 3 is 2.76 bits per heavy atom. The van der Waals surface area contributed by atoms with E-state index < -0.39 is 11.8 Å². The molecule has 4 nitrogen and oxygen atoms in total. The molecule has 0 saturated carbocycles. The van der Waals surface area contributed by atoms with Crippen molar-refractivity contribution in [1.82, 2.24) is 9.38 Å². The number of nitrogens with zero attached hydrogens (tertiary/aromatic N) is 2. The van der Waals surface area contributed by atoms with E-state index in [1.165, 1.54) is 18.3 Å². The largest absolute Gasteiger partial charge is 0.461 e. The summed E-state index contributed by atoms with van der Waals surface area (Å²) in [4.78, 5) is 16.6. The minimum Gasteiger partial charge on any atom is -0.461 e. The molecule has 0 N–H and O–H groups in total. The second-order valence-electron chi connectivity index (χ2n) is 4.47. The predicted molar refractivity (Wildman–Crippen MR) is 76.5 cm³/mol. The molecule has 0 spiro atoms. The first-order valence-corrected chi connectivity index (χ1v) is 6.61. The third-order valence-corrected chi connectivity index (χ3v) is 3.10. The normalized spacial score (nSPS) is 10.8. The van der Waals surface area contributed by atoms with Crippen LogP contribution in [0.15, 0.2) is 48.7 Å². The van der Waals surface area contributed by atoms with Gasteiger partial charge in [-0.2, -0.15) is 0 Å². The van der Waals surface area contributed by atoms with Crippen molar-refractivity contribution >= 4 is 11.6 Å². The van der Waals surface area contributed by atoms with Crippen LogP contribution in [-0.2, 0) is 4.74 Å². The van der Waals surface area contributed by atoms with Crippen molar-refractivity contribution in [3.05, 3.63) is 60.2 Å². The number of imidazole rings is 1. The van der Waals surface area contributed by atoms with Crippen molar-refractivity contribution < 1.29 is 13.9 Å². The Labute approximate surface area is 120 Å². The van der Waals surface area contributed by atoms with Crippen molar-refractivity contribution in [2.45, 2.75) is 6.92 Å². The molecule has 0 amide bonds. The highest BCUT2D eigenvalue weighted by molar-refractivity contribution is 5.96. The molecule has 0 unspecified atom stereocenters. The molecule has 5 heteroatoms. The van der Waals surface area contributed by atoms with Crippen LogP contribution in [0.3, 0.4) is 0 Å². The SMILES string of the molecule is CCOC(=O)c1c(-c2ccccc2)nc2cc(F)ccn12. The van der Waals surface area contributed by atoms with Gasteiger partial charge in [-0.05, 0) is 13.0 Å². The number of esters is 1. The number of hydrogen-bond donors (Lipinski definition) is 0. The highest BCUT2D eigenvalue weighted by Gasteiger charge is 2.21. The number of fused-ring (bicyclic) bond motifs is 1. The third kappa shape index (κ3) is 2.38. The number of benzene rings is 1. The van der Waals surface area contributed by atoms with Crippen molar-refractivity contribution in [3.63, 3.8) is 0 Å². The maximum Gasteiger partial charge on any atom is 0.357 e. The zero-order valence-corrected chi connectivity index (χ0v) is 11.4. The van der Waals surface area contributed by atoms with Gasteiger partial charge in [-0.3, -0.25) is 4.40 Å². The van der Waals surface area contributed by atoms with Gasteiger partial charge in [0.1, 0.15) is 17.2 Å². The molecular weight excluding hydrogens is 271 g/mol. The van der Waals surface area contributed by atoms with Gasteiger partial charge in [0.2, 0.25) is 0 Å². The molecule has 2 heterocycles. The Bertz CT molecular complexity index is 797. The van der Waals surface area contributed by atoms with Crippen molar-refractivity contribution in [3.8, 4) is 11.3 Å². The van der Waals surface area contributed by atoms with Gasteiger partial charge in [-0.1, -0.05) is 30.3 Å². The lowest BCUT2D eigenvalue weighted by molar-refractivity contribution is 0.0519. The summed E-state index contributed by atoms with van der Waals surface area (Å²) in [7, 11) is 0. The minimum atomic E-state index is -0.476. The van der Waals surface area contributed by atoms with Gasteiger partial charge in [-0.25, -0.2) is 14.2 Å². The number of pyridine rings is 1. The van der Waals surface area contributed by atoms with Crippen LogP contribution in [0.5, 0.6) is 0 Å². The lowest BCUT2D eigenvalue weighted by atomic mass is 10.1. The van der Waals surface area contributed by atoms with Crippen LogP contribution < -0.4 is 0 Å². The topological polar surface area (TPSA) is 43.6 Å². The highest BCUT2D eigenvalue weighted by atomic mass is 19.1. The Balaban J connectivity index is 2.27. The molecule has 0 saturated heterocycles. The Morgan fingerprint density at radius 2 is 2.05 bits per heavy atom. The molecule has 0 aliphatic carbocycles. The number of hydrogen-bond acceptors (Lipinski definition) is 3. The Morgan fingerprint density at radius 1 is 1.29 bits per heavy atom. The summed E-state index contributed by atoms with van der Waals surface area (Å²) in [6, 6.07) is 11.9. The minimum absolute atomic E-state index is 0.265. The van der Waals surface area contributed by atoms with Crippen LogP contribution in [0.4, 0.5) is 4.39 Å². The van der Waals surface area contributed by atoms with E-state index in [0.717, 1.165) is 5.56 Å². The molecule has 0 atom stereocenters. The van der Waals surface area contributed by atoms with Crippen LogP contribution >= 0.6 is 0 Å². The molecule has 0 fully saturated rings. The fraction of sp³-hybridized carbons (Fsp3) is 0.125. The first-order chi connectivity index (χ1) is 10.2. The van der Waals surface area contributed by atoms with Crippen LogP contribution in [-0.4, -0.2) is 22.0 Å². The first-order valence-electron chi connectivity index (χ1n) is 6.61. The number of carbonyl (C=O) groups excluding carboxylic acids is 1. The zero-order chi connectivity index (χ0) is 14.8. The summed E-state index contributed by atoms with van der Waals surface area (Å²) in [6.45, 7) is 2.00. The van der Waals surface area contributed by atoms with E-state index in [1.807, 2.05) is 30.3 Å². The molecule has 3 rings (SSSR count). The van der Waals surface area contributed by atoms with E-state index in [1.54, 1.807) is 11.3 Å². The summed E-state index contributed by atoms with van der Waals surface area (Å²) in [6.07, 6.45) is 1.48. The van der Waals surface area contributed by atoms with Gasteiger partial charge in [-0.15, -0.1) is 0 Å². The van der Waals surface area contributed by atoms with Crippen molar-refractivity contribution in [1.29, 1.82) is 0 Å². The summed E-state index contributed by atoms with van der Waals surface area (Å²) >= 11 is 0. The molecule has 1 aromatic carbocycles. The molecule has 0 bridgehead atoms. The van der Waals surface area contributed by atoms with E-state index in [2.05, 4.69) is 4.98 Å². The summed E-state index contributed by atoms with van der Waals surface area (Å²) < 4.78 is 20.0. The van der Waals surface area contributed by atoms with Crippen LogP contribution in [0, 0.1) is 5.82 Å². The quantitative estimate of drug-likeness (QED) is 0.693. The maximum atomic E-state index is 13.4. The summed E-state index contributed by atoms with van der Waals surface area (Å²) in [5, 5.41) is 0. The lowest BCUT2D eigenvalue weighted by Crippen LogP contribution is -2.09. The van der Waals surface area contributed by atoms with E-state index in [9.17, 15) is 9.18 Å². The number of carbonyl (C=O) groups is 1. The second kappa shape index (κ2) is 5.36. The predicted octanol–water partition coefficient (Wildman–Crippen LogP) is 3.32. The third-order valence-electron chi connectivity index (χ3n) is 3.10. The molecule has 0 aliphatic rings. The fourth-order valence-corrected chi connectivity index (χ4v) is 2.21. The van der Waals surface area contributed by atoms with E-state index in [0.29, 0.717) is 17.0 Å². The van der Waals surface area contributed by atoms with Gasteiger partial charge >= 0.3 is 5.97 Å². The maximum absolute atomic E-state index is 13.4. The average Bonchev–Trinajstić information content (AvgIpc) is 2.87. The summed E-state index contributed by atoms with van der Waals surface area (Å²) in [5.74, 6) is -0.877. The molecule has 21 heavy (non-hydrogen) atoms. The molecule has 2 aromatic heterocycles. The van der Waals surface area contributed by atoms with E-state index in [-0.39, 0.29) is 6.61 Å². The number of rotatable bonds is 3. The van der Waals surface area contributed by atoms with Gasteiger partial charge < -0.3 is 4.74 Å². The van der Waals surface area contributed by atoms with E-state index in [4.69, 9.17) is 4.74 Å². The lowest BCUT2D eigenvalue weighted by Gasteiger charge is -2.04. The number of ether oxygens (including phenoxy) is 1. The Hall–Kier alpha value is -2.69. The molecule has 0 radical (unpaired) electrons. The van der Waals surface area contributed by atoms with Crippen LogP contribution in [0.1, 0.15) is 17.4 Å². The average molecular weight is 284 g/mol. The van der Waals surface area contributed by atoms with Crippen LogP contribution in [0.2, 0.25) is 0 Å². The van der Waals surface area contributed by atoms with Crippen LogP contribution in [0.25, 0.3) is 16.9 Å². The second-order valence-corrected chi connectivity index (χ2v) is 4.47. The van der Waals surface area contributed by atoms with Gasteiger partial charge in [0, 0.05) is 17.8 Å². The molecule has 0 aliphatic heterocycles. The molecule has 106 valence electrons. The first kappa shape index (κ1) is 13.3. The Kier molecular flexibility index (Phi) is 3.39. The van der Waals surface area contributed by atoms with Gasteiger partial charge in [0.25, 0.3) is 0 Å². The fourth-order valence-electron chi connectivity index (χ4n) is 2.21. The van der Waals surface area contributed by atoms with Gasteiger partial charge in [0.15, 0.2) is 5.69 Å². The monoisotopic (exact) mass is 284 g/mol. The number of aromatic nitrogens is 2. The van der Waals surface area contributed by atoms with Crippen molar-refractivity contribution in [2.24, 2.45) is 0 Å². The number of halogens is 1.